The first-order chi connectivity index (χ1) is 16.1. The minimum Gasteiger partial charge on any atom is -0.454 e. The standard InChI is InChI=1S/C26H29N3O4/c1-28-13-17(8-20-19-4-3-5-21-25(19)18(11-27-21)10-22(20)28)14-31-26(30)29(2)12-16-6-7-23-24(9-16)33-15-32-23/h3-7,9,11,17,20,22,27H,8,10,12-15H2,1-2H3/t17-,20?,22-/m1/s1. The summed E-state index contributed by atoms with van der Waals surface area (Å²) in [6.45, 7) is 2.08. The van der Waals surface area contributed by atoms with Gasteiger partial charge in [-0.3, -0.25) is 0 Å². The predicted molar refractivity (Wildman–Crippen MR) is 125 cm³/mol. The number of hydrogen-bond acceptors (Lipinski definition) is 5. The van der Waals surface area contributed by atoms with Crippen molar-refractivity contribution in [1.29, 1.82) is 0 Å². The lowest BCUT2D eigenvalue weighted by Gasteiger charge is -2.45. The van der Waals surface area contributed by atoms with Gasteiger partial charge >= 0.3 is 6.09 Å². The van der Waals surface area contributed by atoms with Crippen LogP contribution in [0, 0.1) is 5.92 Å². The number of aromatic amines is 1. The molecule has 0 radical (unpaired) electrons. The number of rotatable bonds is 4. The van der Waals surface area contributed by atoms with Gasteiger partial charge in [0, 0.05) is 55.1 Å². The fourth-order valence-electron chi connectivity index (χ4n) is 5.85. The Morgan fingerprint density at radius 2 is 2.12 bits per heavy atom. The average molecular weight is 448 g/mol. The molecule has 1 aromatic heterocycles. The van der Waals surface area contributed by atoms with Crippen molar-refractivity contribution in [2.24, 2.45) is 5.92 Å². The molecule has 2 aromatic carbocycles. The highest BCUT2D eigenvalue weighted by atomic mass is 16.7. The van der Waals surface area contributed by atoms with E-state index in [0.717, 1.165) is 36.4 Å². The minimum absolute atomic E-state index is 0.244. The number of carbonyl (C=O) groups excluding carboxylic acids is 1. The van der Waals surface area contributed by atoms with E-state index < -0.39 is 0 Å². The van der Waals surface area contributed by atoms with Crippen molar-refractivity contribution in [2.75, 3.05) is 34.0 Å². The van der Waals surface area contributed by atoms with Crippen LogP contribution in [0.4, 0.5) is 4.79 Å². The molecule has 33 heavy (non-hydrogen) atoms. The van der Waals surface area contributed by atoms with E-state index in [1.807, 2.05) is 18.2 Å². The van der Waals surface area contributed by atoms with E-state index in [1.165, 1.54) is 22.0 Å². The summed E-state index contributed by atoms with van der Waals surface area (Å²) in [5.74, 6) is 2.25. The van der Waals surface area contributed by atoms with E-state index in [4.69, 9.17) is 14.2 Å². The van der Waals surface area contributed by atoms with Crippen LogP contribution >= 0.6 is 0 Å². The maximum Gasteiger partial charge on any atom is 0.409 e. The number of nitrogens with one attached hydrogen (secondary N) is 1. The highest BCUT2D eigenvalue weighted by Gasteiger charge is 2.39. The molecule has 0 bridgehead atoms. The molecule has 0 saturated carbocycles. The molecule has 1 aliphatic carbocycles. The van der Waals surface area contributed by atoms with Crippen LogP contribution in [0.25, 0.3) is 10.9 Å². The van der Waals surface area contributed by atoms with Gasteiger partial charge in [-0.05, 0) is 54.8 Å². The maximum atomic E-state index is 12.7. The second-order valence-corrected chi connectivity index (χ2v) is 9.62. The van der Waals surface area contributed by atoms with Crippen molar-refractivity contribution >= 4 is 17.0 Å². The second-order valence-electron chi connectivity index (χ2n) is 9.62. The largest absolute Gasteiger partial charge is 0.454 e. The summed E-state index contributed by atoms with van der Waals surface area (Å²) in [6, 6.07) is 12.8. The maximum absolute atomic E-state index is 12.7. The zero-order valence-electron chi connectivity index (χ0n) is 19.0. The van der Waals surface area contributed by atoms with Gasteiger partial charge in [-0.25, -0.2) is 4.79 Å². The minimum atomic E-state index is -0.295. The molecule has 1 saturated heterocycles. The quantitative estimate of drug-likeness (QED) is 0.652. The third kappa shape index (κ3) is 3.60. The topological polar surface area (TPSA) is 67.0 Å². The molecule has 7 heteroatoms. The predicted octanol–water partition coefficient (Wildman–Crippen LogP) is 4.13. The molecule has 3 aliphatic rings. The highest BCUT2D eigenvalue weighted by Crippen LogP contribution is 2.44. The van der Waals surface area contributed by atoms with Gasteiger partial charge in [0.15, 0.2) is 11.5 Å². The van der Waals surface area contributed by atoms with Crippen LogP contribution in [0.15, 0.2) is 42.6 Å². The number of ether oxygens (including phenoxy) is 3. The molecule has 3 heterocycles. The van der Waals surface area contributed by atoms with Crippen LogP contribution in [0.5, 0.6) is 11.5 Å². The Bertz CT molecular complexity index is 1210. The lowest BCUT2D eigenvalue weighted by molar-refractivity contribution is 0.0493. The summed E-state index contributed by atoms with van der Waals surface area (Å²) in [4.78, 5) is 20.2. The Labute approximate surface area is 193 Å². The number of fused-ring (bicyclic) bond motifs is 3. The Morgan fingerprint density at radius 1 is 1.24 bits per heavy atom. The average Bonchev–Trinajstić information content (AvgIpc) is 3.46. The summed E-state index contributed by atoms with van der Waals surface area (Å²) in [6.07, 6.45) is 3.99. The smallest absolute Gasteiger partial charge is 0.409 e. The number of carbonyl (C=O) groups is 1. The first kappa shape index (κ1) is 20.4. The van der Waals surface area contributed by atoms with Crippen LogP contribution < -0.4 is 9.47 Å². The number of H-pyrrole nitrogens is 1. The van der Waals surface area contributed by atoms with Gasteiger partial charge < -0.3 is 29.0 Å². The Morgan fingerprint density at radius 3 is 3.03 bits per heavy atom. The van der Waals surface area contributed by atoms with Crippen LogP contribution in [0.1, 0.15) is 29.0 Å². The molecule has 3 atom stereocenters. The van der Waals surface area contributed by atoms with Gasteiger partial charge in [-0.15, -0.1) is 0 Å². The number of benzene rings is 2. The molecule has 0 spiro atoms. The van der Waals surface area contributed by atoms with Crippen molar-refractivity contribution in [3.05, 3.63) is 59.3 Å². The lowest BCUT2D eigenvalue weighted by Crippen LogP contribution is -2.49. The summed E-state index contributed by atoms with van der Waals surface area (Å²) in [5, 5.41) is 1.40. The lowest BCUT2D eigenvalue weighted by atomic mass is 9.72. The number of nitrogens with zero attached hydrogens (tertiary/aromatic N) is 2. The van der Waals surface area contributed by atoms with Gasteiger partial charge in [-0.1, -0.05) is 18.2 Å². The molecular formula is C26H29N3O4. The molecule has 3 aromatic rings. The number of piperidine rings is 1. The van der Waals surface area contributed by atoms with Crippen molar-refractivity contribution < 1.29 is 19.0 Å². The summed E-state index contributed by atoms with van der Waals surface area (Å²) in [5.41, 5.74) is 5.06. The molecule has 1 fully saturated rings. The first-order valence-corrected chi connectivity index (χ1v) is 11.6. The van der Waals surface area contributed by atoms with Gasteiger partial charge in [0.05, 0.1) is 6.61 Å². The van der Waals surface area contributed by atoms with Crippen molar-refractivity contribution in [2.45, 2.75) is 31.3 Å². The molecule has 6 rings (SSSR count). The first-order valence-electron chi connectivity index (χ1n) is 11.6. The van der Waals surface area contributed by atoms with Crippen LogP contribution in [-0.2, 0) is 17.7 Å². The summed E-state index contributed by atoms with van der Waals surface area (Å²) < 4.78 is 16.6. The van der Waals surface area contributed by atoms with Crippen molar-refractivity contribution in [3.8, 4) is 11.5 Å². The van der Waals surface area contributed by atoms with Crippen LogP contribution in [0.2, 0.25) is 0 Å². The zero-order valence-corrected chi connectivity index (χ0v) is 19.0. The number of hydrogen-bond donors (Lipinski definition) is 1. The summed E-state index contributed by atoms with van der Waals surface area (Å²) in [7, 11) is 3.97. The SMILES string of the molecule is CN(Cc1ccc2c(c1)OCO2)C(=O)OC[C@@H]1CC2c3cccc4[nH]cc(c34)C[C@H]2N(C)C1. The molecule has 1 amide bonds. The van der Waals surface area contributed by atoms with Crippen LogP contribution in [0.3, 0.4) is 0 Å². The molecule has 172 valence electrons. The fourth-order valence-corrected chi connectivity index (χ4v) is 5.85. The Balaban J connectivity index is 1.10. The number of aromatic nitrogens is 1. The molecule has 7 nitrogen and oxygen atoms in total. The third-order valence-electron chi connectivity index (χ3n) is 7.42. The Kier molecular flexibility index (Phi) is 4.94. The third-order valence-corrected chi connectivity index (χ3v) is 7.42. The van der Waals surface area contributed by atoms with Gasteiger partial charge in [-0.2, -0.15) is 0 Å². The van der Waals surface area contributed by atoms with Gasteiger partial charge in [0.2, 0.25) is 6.79 Å². The fraction of sp³-hybridized carbons (Fsp3) is 0.423. The van der Waals surface area contributed by atoms with Gasteiger partial charge in [0.1, 0.15) is 0 Å². The van der Waals surface area contributed by atoms with E-state index >= 15 is 0 Å². The number of amides is 1. The van der Waals surface area contributed by atoms with E-state index in [0.29, 0.717) is 31.0 Å². The molecular weight excluding hydrogens is 418 g/mol. The van der Waals surface area contributed by atoms with Crippen molar-refractivity contribution in [3.63, 3.8) is 0 Å². The molecule has 2 aliphatic heterocycles. The summed E-state index contributed by atoms with van der Waals surface area (Å²) >= 11 is 0. The van der Waals surface area contributed by atoms with E-state index in [2.05, 4.69) is 41.3 Å². The van der Waals surface area contributed by atoms with E-state index in [-0.39, 0.29) is 12.9 Å². The Hall–Kier alpha value is -3.19. The zero-order chi connectivity index (χ0) is 22.5. The van der Waals surface area contributed by atoms with Crippen molar-refractivity contribution in [1.82, 2.24) is 14.8 Å². The monoisotopic (exact) mass is 447 g/mol. The number of likely N-dealkylation sites (tertiary alicyclic amines) is 1. The van der Waals surface area contributed by atoms with Crippen LogP contribution in [-0.4, -0.2) is 61.0 Å². The molecule has 1 unspecified atom stereocenters. The number of likely N-dealkylation sites (N-methyl/N-ethyl adjacent to an activating group) is 1. The van der Waals surface area contributed by atoms with E-state index in [9.17, 15) is 4.79 Å². The van der Waals surface area contributed by atoms with E-state index in [1.54, 1.807) is 11.9 Å². The molecule has 1 N–H and O–H groups in total. The normalized spacial score (nSPS) is 23.4. The second kappa shape index (κ2) is 7.99. The van der Waals surface area contributed by atoms with Gasteiger partial charge in [0.25, 0.3) is 0 Å². The highest BCUT2D eigenvalue weighted by molar-refractivity contribution is 5.88.